The maximum atomic E-state index is 14.0. The number of rotatable bonds is 6. The minimum Gasteiger partial charge on any atom is -0.492 e. The number of aromatic nitrogens is 5. The van der Waals surface area contributed by atoms with Crippen LogP contribution in [0.4, 0.5) is 14.6 Å². The van der Waals surface area contributed by atoms with Gasteiger partial charge in [0.05, 0.1) is 30.1 Å². The SMILES string of the molecule is CCOc1ccccc1-n1c(-c2cnn3c2N[C@H](c2ccccc2)C[C@@H]3C(F)F)n[nH]c1=S. The standard InChI is InChI=1S/C23H22F2N6OS/c1-2-32-19-11-7-6-10-17(19)30-22(28-29-23(30)33)15-13-26-31-18(20(24)25)12-16(27-21(15)31)14-8-4-3-5-9-14/h3-11,13,16,18,20,27H,2,12H2,1H3,(H,29,33)/t16-,18+/m0/s1. The first kappa shape index (κ1) is 21.3. The molecule has 2 aromatic heterocycles. The molecule has 7 nitrogen and oxygen atoms in total. The number of nitrogens with zero attached hydrogens (tertiary/aromatic N) is 4. The molecule has 0 bridgehead atoms. The molecule has 0 amide bonds. The molecule has 0 aliphatic carbocycles. The molecule has 0 spiro atoms. The van der Waals surface area contributed by atoms with E-state index in [0.717, 1.165) is 5.56 Å². The van der Waals surface area contributed by atoms with Gasteiger partial charge in [-0.1, -0.05) is 42.5 Å². The van der Waals surface area contributed by atoms with Gasteiger partial charge in [-0.2, -0.15) is 10.2 Å². The summed E-state index contributed by atoms with van der Waals surface area (Å²) in [5, 5.41) is 15.0. The van der Waals surface area contributed by atoms with Crippen LogP contribution < -0.4 is 10.1 Å². The lowest BCUT2D eigenvalue weighted by Gasteiger charge is -2.32. The summed E-state index contributed by atoms with van der Waals surface area (Å²) in [5.74, 6) is 1.58. The van der Waals surface area contributed by atoms with Gasteiger partial charge in [0.15, 0.2) is 10.6 Å². The number of nitrogens with one attached hydrogen (secondary N) is 2. The Labute approximate surface area is 194 Å². The molecule has 1 aliphatic heterocycles. The molecule has 0 unspecified atom stereocenters. The zero-order valence-corrected chi connectivity index (χ0v) is 18.6. The molecule has 2 aromatic carbocycles. The second-order valence-electron chi connectivity index (χ2n) is 7.69. The number of para-hydroxylation sites is 2. The fraction of sp³-hybridized carbons (Fsp3) is 0.261. The molecule has 10 heteroatoms. The molecular weight excluding hydrogens is 446 g/mol. The quantitative estimate of drug-likeness (QED) is 0.363. The van der Waals surface area contributed by atoms with Crippen molar-refractivity contribution in [1.29, 1.82) is 0 Å². The fourth-order valence-electron chi connectivity index (χ4n) is 4.22. The van der Waals surface area contributed by atoms with Gasteiger partial charge in [-0.15, -0.1) is 0 Å². The molecule has 0 saturated heterocycles. The largest absolute Gasteiger partial charge is 0.492 e. The van der Waals surface area contributed by atoms with Crippen molar-refractivity contribution in [1.82, 2.24) is 24.5 Å². The zero-order valence-electron chi connectivity index (χ0n) is 17.8. The normalized spacial score (nSPS) is 17.6. The Bertz CT molecular complexity index is 1320. The highest BCUT2D eigenvalue weighted by atomic mass is 32.1. The molecule has 170 valence electrons. The van der Waals surface area contributed by atoms with Crippen molar-refractivity contribution in [2.24, 2.45) is 0 Å². The molecular formula is C23H22F2N6OS. The van der Waals surface area contributed by atoms with Crippen molar-refractivity contribution >= 4 is 18.0 Å². The molecule has 4 aromatic rings. The van der Waals surface area contributed by atoms with Crippen molar-refractivity contribution < 1.29 is 13.5 Å². The molecule has 3 heterocycles. The van der Waals surface area contributed by atoms with Gasteiger partial charge in [-0.25, -0.2) is 13.5 Å². The highest BCUT2D eigenvalue weighted by molar-refractivity contribution is 7.71. The highest BCUT2D eigenvalue weighted by Gasteiger charge is 2.36. The van der Waals surface area contributed by atoms with Crippen LogP contribution in [0.5, 0.6) is 5.75 Å². The maximum Gasteiger partial charge on any atom is 0.260 e. The average molecular weight is 469 g/mol. The van der Waals surface area contributed by atoms with Crippen molar-refractivity contribution in [2.75, 3.05) is 11.9 Å². The van der Waals surface area contributed by atoms with E-state index in [1.807, 2.05) is 61.5 Å². The van der Waals surface area contributed by atoms with Crippen LogP contribution in [-0.2, 0) is 0 Å². The third kappa shape index (κ3) is 3.80. The van der Waals surface area contributed by atoms with E-state index in [0.29, 0.717) is 40.0 Å². The van der Waals surface area contributed by atoms with Crippen molar-refractivity contribution in [3.63, 3.8) is 0 Å². The monoisotopic (exact) mass is 468 g/mol. The second-order valence-corrected chi connectivity index (χ2v) is 8.07. The number of anilines is 1. The Balaban J connectivity index is 1.64. The molecule has 33 heavy (non-hydrogen) atoms. The van der Waals surface area contributed by atoms with Gasteiger partial charge in [-0.05, 0) is 43.3 Å². The minimum absolute atomic E-state index is 0.218. The van der Waals surface area contributed by atoms with E-state index in [1.54, 1.807) is 10.8 Å². The zero-order chi connectivity index (χ0) is 22.9. The second kappa shape index (κ2) is 8.78. The molecule has 5 rings (SSSR count). The summed E-state index contributed by atoms with van der Waals surface area (Å²) < 4.78 is 37.3. The molecule has 0 saturated carbocycles. The van der Waals surface area contributed by atoms with Gasteiger partial charge in [0.1, 0.15) is 17.6 Å². The number of aromatic amines is 1. The van der Waals surface area contributed by atoms with Crippen LogP contribution in [0.15, 0.2) is 60.8 Å². The van der Waals surface area contributed by atoms with Crippen molar-refractivity contribution in [3.8, 4) is 22.8 Å². The van der Waals surface area contributed by atoms with Crippen LogP contribution in [0, 0.1) is 4.77 Å². The number of hydrogen-bond acceptors (Lipinski definition) is 5. The van der Waals surface area contributed by atoms with E-state index in [4.69, 9.17) is 17.0 Å². The van der Waals surface area contributed by atoms with Crippen LogP contribution in [0.25, 0.3) is 17.1 Å². The first-order chi connectivity index (χ1) is 16.1. The Morgan fingerprint density at radius 3 is 2.67 bits per heavy atom. The van der Waals surface area contributed by atoms with E-state index >= 15 is 0 Å². The average Bonchev–Trinajstić information content (AvgIpc) is 3.42. The number of halogens is 2. The Morgan fingerprint density at radius 1 is 1.15 bits per heavy atom. The molecule has 2 atom stereocenters. The summed E-state index contributed by atoms with van der Waals surface area (Å²) in [6, 6.07) is 15.7. The highest BCUT2D eigenvalue weighted by Crippen LogP contribution is 2.42. The van der Waals surface area contributed by atoms with Gasteiger partial charge >= 0.3 is 0 Å². The number of hydrogen-bond donors (Lipinski definition) is 2. The number of benzene rings is 2. The van der Waals surface area contributed by atoms with E-state index in [1.165, 1.54) is 4.68 Å². The summed E-state index contributed by atoms with van der Waals surface area (Å²) >= 11 is 5.51. The maximum absolute atomic E-state index is 14.0. The van der Waals surface area contributed by atoms with E-state index in [9.17, 15) is 8.78 Å². The van der Waals surface area contributed by atoms with Crippen LogP contribution in [0.2, 0.25) is 0 Å². The third-order valence-electron chi connectivity index (χ3n) is 5.71. The van der Waals surface area contributed by atoms with Gasteiger partial charge < -0.3 is 10.1 Å². The first-order valence-electron chi connectivity index (χ1n) is 10.7. The lowest BCUT2D eigenvalue weighted by atomic mass is 9.97. The lowest BCUT2D eigenvalue weighted by Crippen LogP contribution is -2.31. The van der Waals surface area contributed by atoms with Crippen molar-refractivity contribution in [2.45, 2.75) is 31.9 Å². The summed E-state index contributed by atoms with van der Waals surface area (Å²) in [6.45, 7) is 2.38. The number of H-pyrrole nitrogens is 1. The van der Waals surface area contributed by atoms with Gasteiger partial charge in [0, 0.05) is 0 Å². The minimum atomic E-state index is -2.57. The van der Waals surface area contributed by atoms with Gasteiger partial charge in [0.25, 0.3) is 6.43 Å². The topological polar surface area (TPSA) is 72.7 Å². The van der Waals surface area contributed by atoms with E-state index in [2.05, 4.69) is 20.6 Å². The smallest absolute Gasteiger partial charge is 0.260 e. The third-order valence-corrected chi connectivity index (χ3v) is 5.98. The van der Waals surface area contributed by atoms with Gasteiger partial charge in [0.2, 0.25) is 0 Å². The Morgan fingerprint density at radius 2 is 1.91 bits per heavy atom. The molecule has 0 fully saturated rings. The van der Waals surface area contributed by atoms with E-state index in [-0.39, 0.29) is 12.5 Å². The van der Waals surface area contributed by atoms with Crippen LogP contribution in [0.1, 0.15) is 31.0 Å². The first-order valence-corrected chi connectivity index (χ1v) is 11.1. The summed E-state index contributed by atoms with van der Waals surface area (Å²) in [7, 11) is 0. The number of alkyl halides is 2. The van der Waals surface area contributed by atoms with Gasteiger partial charge in [-0.3, -0.25) is 9.67 Å². The molecule has 1 aliphatic rings. The predicted molar refractivity (Wildman–Crippen MR) is 124 cm³/mol. The Hall–Kier alpha value is -3.53. The lowest BCUT2D eigenvalue weighted by molar-refractivity contribution is 0.0659. The predicted octanol–water partition coefficient (Wildman–Crippen LogP) is 5.56. The Kier molecular flexibility index (Phi) is 5.67. The van der Waals surface area contributed by atoms with Crippen LogP contribution in [-0.4, -0.2) is 37.6 Å². The molecule has 2 N–H and O–H groups in total. The van der Waals surface area contributed by atoms with E-state index < -0.39 is 12.5 Å². The number of ether oxygens (including phenoxy) is 1. The summed E-state index contributed by atoms with van der Waals surface area (Å²) in [5.41, 5.74) is 2.20. The summed E-state index contributed by atoms with van der Waals surface area (Å²) in [6.07, 6.45) is -0.796. The van der Waals surface area contributed by atoms with Crippen LogP contribution >= 0.6 is 12.2 Å². The number of fused-ring (bicyclic) bond motifs is 1. The summed E-state index contributed by atoms with van der Waals surface area (Å²) in [4.78, 5) is 0. The van der Waals surface area contributed by atoms with Crippen LogP contribution in [0.3, 0.4) is 0 Å². The molecule has 0 radical (unpaired) electrons. The van der Waals surface area contributed by atoms with Crippen molar-refractivity contribution in [3.05, 3.63) is 71.1 Å². The fourth-order valence-corrected chi connectivity index (χ4v) is 4.45.